The number of allylic oxidation sites excluding steroid dienone is 3. The number of ketones is 1. The van der Waals surface area contributed by atoms with Crippen molar-refractivity contribution >= 4 is 72.6 Å². The zero-order valence-electron chi connectivity index (χ0n) is 26.9. The molecule has 3 amide bonds. The van der Waals surface area contributed by atoms with Gasteiger partial charge in [0, 0.05) is 28.2 Å². The zero-order chi connectivity index (χ0) is 35.8. The minimum atomic E-state index is -2.10. The number of aliphatic hydroxyl groups is 1. The number of thiazole rings is 1. The van der Waals surface area contributed by atoms with Crippen molar-refractivity contribution in [2.75, 3.05) is 13.1 Å². The minimum Gasteiger partial charge on any atom is -0.448 e. The summed E-state index contributed by atoms with van der Waals surface area (Å²) in [5.41, 5.74) is -0.695. The molecular weight excluding hydrogens is 693 g/mol. The highest BCUT2D eigenvalue weighted by Crippen LogP contribution is 2.50. The quantitative estimate of drug-likeness (QED) is 0.194. The normalized spacial score (nSPS) is 28.7. The Balaban J connectivity index is 1.52. The van der Waals surface area contributed by atoms with Crippen LogP contribution in [0.1, 0.15) is 67.1 Å². The molecule has 2 aliphatic heterocycles. The second kappa shape index (κ2) is 16.4. The van der Waals surface area contributed by atoms with Gasteiger partial charge in [-0.1, -0.05) is 35.9 Å². The van der Waals surface area contributed by atoms with E-state index in [9.17, 15) is 38.1 Å². The first-order valence-electron chi connectivity index (χ1n) is 15.2. The molecular formula is C33H36N4O9S3. The summed E-state index contributed by atoms with van der Waals surface area (Å²) in [5, 5.41) is 20.5. The number of nitrogens with one attached hydrogen (secondary N) is 3. The number of rotatable bonds is 6. The Morgan fingerprint density at radius 1 is 1.10 bits per heavy atom. The highest BCUT2D eigenvalue weighted by atomic mass is 33.1. The van der Waals surface area contributed by atoms with Crippen molar-refractivity contribution in [2.45, 2.75) is 62.5 Å². The number of esters is 1. The molecule has 2 aromatic rings. The van der Waals surface area contributed by atoms with Crippen LogP contribution in [0.3, 0.4) is 0 Å². The Kier molecular flexibility index (Phi) is 12.6. The number of hydrogen-bond acceptors (Lipinski definition) is 12. The highest BCUT2D eigenvalue weighted by molar-refractivity contribution is 8.76. The lowest BCUT2D eigenvalue weighted by Crippen LogP contribution is -2.55. The van der Waals surface area contributed by atoms with Crippen LogP contribution < -0.4 is 16.0 Å². The lowest BCUT2D eigenvalue weighted by Gasteiger charge is -2.36. The molecule has 16 heteroatoms. The van der Waals surface area contributed by atoms with Gasteiger partial charge in [0.15, 0.2) is 11.9 Å². The summed E-state index contributed by atoms with van der Waals surface area (Å²) in [6, 6.07) is 7.75. The monoisotopic (exact) mass is 728 g/mol. The Morgan fingerprint density at radius 2 is 1.82 bits per heavy atom. The Hall–Kier alpha value is -4.25. The maximum atomic E-state index is 13.4. The molecule has 13 nitrogen and oxygen atoms in total. The third kappa shape index (κ3) is 9.47. The van der Waals surface area contributed by atoms with E-state index in [0.29, 0.717) is 32.6 Å². The van der Waals surface area contributed by atoms with Crippen LogP contribution in [0.4, 0.5) is 0 Å². The molecule has 4 rings (SSSR count). The average Bonchev–Trinajstić information content (AvgIpc) is 3.60. The number of carbonyl (C=O) groups excluding carboxylic acids is 6. The van der Waals surface area contributed by atoms with Crippen LogP contribution in [-0.2, 0) is 38.5 Å². The van der Waals surface area contributed by atoms with Gasteiger partial charge in [0.25, 0.3) is 5.91 Å². The van der Waals surface area contributed by atoms with Crippen LogP contribution in [0.25, 0.3) is 6.08 Å². The van der Waals surface area contributed by atoms with Crippen molar-refractivity contribution in [1.82, 2.24) is 20.9 Å². The van der Waals surface area contributed by atoms with Gasteiger partial charge in [-0.2, -0.15) is 0 Å². The summed E-state index contributed by atoms with van der Waals surface area (Å²) in [6.45, 7) is 3.62. The highest BCUT2D eigenvalue weighted by Gasteiger charge is 2.63. The maximum absolute atomic E-state index is 13.4. The first-order valence-corrected chi connectivity index (χ1v) is 18.6. The van der Waals surface area contributed by atoms with Crippen molar-refractivity contribution in [1.29, 1.82) is 0 Å². The molecule has 5 atom stereocenters. The third-order valence-electron chi connectivity index (χ3n) is 7.90. The van der Waals surface area contributed by atoms with E-state index in [1.807, 2.05) is 0 Å². The van der Waals surface area contributed by atoms with Gasteiger partial charge in [-0.3, -0.25) is 28.8 Å². The van der Waals surface area contributed by atoms with Crippen LogP contribution in [-0.4, -0.2) is 78.4 Å². The molecule has 0 aliphatic carbocycles. The largest absolute Gasteiger partial charge is 0.448 e. The predicted molar refractivity (Wildman–Crippen MR) is 185 cm³/mol. The van der Waals surface area contributed by atoms with Crippen LogP contribution >= 0.6 is 22.1 Å². The summed E-state index contributed by atoms with van der Waals surface area (Å²) in [6.07, 6.45) is 5.42. The van der Waals surface area contributed by atoms with Crippen LogP contribution in [0.15, 0.2) is 65.6 Å². The Morgan fingerprint density at radius 3 is 2.51 bits per heavy atom. The molecule has 260 valence electrons. The molecule has 4 N–H and O–H groups in total. The molecule has 3 heterocycles. The van der Waals surface area contributed by atoms with Crippen LogP contribution in [0.5, 0.6) is 0 Å². The average molecular weight is 729 g/mol. The van der Waals surface area contributed by atoms with Gasteiger partial charge in [-0.25, -0.2) is 9.19 Å². The third-order valence-corrected chi connectivity index (χ3v) is 12.9. The van der Waals surface area contributed by atoms with E-state index in [4.69, 9.17) is 4.74 Å². The fourth-order valence-corrected chi connectivity index (χ4v) is 9.74. The second-order valence-electron chi connectivity index (χ2n) is 11.6. The molecule has 1 saturated heterocycles. The fraction of sp³-hybridized carbons (Fsp3) is 0.364. The molecule has 49 heavy (non-hydrogen) atoms. The van der Waals surface area contributed by atoms with Gasteiger partial charge in [-0.15, -0.1) is 11.3 Å². The Bertz CT molecular complexity index is 1730. The molecule has 0 saturated carbocycles. The second-order valence-corrected chi connectivity index (χ2v) is 15.7. The fourth-order valence-electron chi connectivity index (χ4n) is 5.00. The number of nitrogens with zero attached hydrogens (tertiary/aromatic N) is 1. The Labute approximate surface area is 292 Å². The van der Waals surface area contributed by atoms with E-state index in [1.54, 1.807) is 61.7 Å². The van der Waals surface area contributed by atoms with Crippen molar-refractivity contribution in [2.24, 2.45) is 0 Å². The standard InChI is InChI=1S/C33H36N4O9S3/c1-20-13-14-33(32(3,44)31(43)48-49(33)45)16-26(39)36-21(2)30-37-23(19-47-30)11-7-8-12-24(38)25(15-20)46-28(41)18-34-27(40)17-35-29(42)22-9-5-4-6-10-22/h4-12,15,19,21,25,44H,13-14,16-18H2,1-3H3,(H,34,40)(H,35,42)(H,36,39)/b11-7-,12-8+,20-15+/t21-,25+,32-,33+,49?/m0/s1. The van der Waals surface area contributed by atoms with Gasteiger partial charge < -0.3 is 25.8 Å². The molecule has 1 aromatic carbocycles. The summed E-state index contributed by atoms with van der Waals surface area (Å²) in [7, 11) is -1.51. The number of aromatic nitrogens is 1. The zero-order valence-corrected chi connectivity index (χ0v) is 29.4. The van der Waals surface area contributed by atoms with Gasteiger partial charge in [0.1, 0.15) is 21.9 Å². The molecule has 1 spiro atoms. The van der Waals surface area contributed by atoms with E-state index < -0.39 is 86.4 Å². The van der Waals surface area contributed by atoms with Crippen molar-refractivity contribution in [3.63, 3.8) is 0 Å². The maximum Gasteiger partial charge on any atom is 0.326 e. The molecule has 2 bridgehead atoms. The molecule has 0 radical (unpaired) electrons. The summed E-state index contributed by atoms with van der Waals surface area (Å²) in [5.74, 6) is -3.20. The predicted octanol–water partition coefficient (Wildman–Crippen LogP) is 2.47. The van der Waals surface area contributed by atoms with Gasteiger partial charge in [0.05, 0.1) is 28.1 Å². The topological polar surface area (TPSA) is 198 Å². The number of ether oxygens (including phenoxy) is 1. The number of fused-ring (bicyclic) bond motifs is 2. The molecule has 1 fully saturated rings. The molecule has 2 aliphatic rings. The van der Waals surface area contributed by atoms with E-state index in [1.165, 1.54) is 36.5 Å². The van der Waals surface area contributed by atoms with E-state index in [-0.39, 0.29) is 12.8 Å². The first-order chi connectivity index (χ1) is 23.2. The SMILES string of the molecule is C/C1=C\[C@@H](OC(=O)CNC(=O)CNC(=O)c2ccccc2)C(=O)/C=C/C=C\c2csc(n2)[C@H](C)NC(=O)C[C@@]2(CC1)S(=O)SC(=O)[C@]2(C)O. The summed E-state index contributed by atoms with van der Waals surface area (Å²) >= 11 is 1.30. The number of hydrogen-bond donors (Lipinski definition) is 4. The van der Waals surface area contributed by atoms with Crippen LogP contribution in [0, 0.1) is 0 Å². The lowest BCUT2D eigenvalue weighted by molar-refractivity contribution is -0.150. The smallest absolute Gasteiger partial charge is 0.326 e. The van der Waals surface area contributed by atoms with Crippen LogP contribution in [0.2, 0.25) is 0 Å². The number of benzene rings is 1. The van der Waals surface area contributed by atoms with Gasteiger partial charge >= 0.3 is 5.97 Å². The molecule has 1 aromatic heterocycles. The number of carbonyl (C=O) groups is 6. The van der Waals surface area contributed by atoms with E-state index in [0.717, 1.165) is 0 Å². The van der Waals surface area contributed by atoms with Gasteiger partial charge in [-0.05, 0) is 64.0 Å². The summed E-state index contributed by atoms with van der Waals surface area (Å²) in [4.78, 5) is 80.9. The lowest BCUT2D eigenvalue weighted by atomic mass is 9.81. The number of amides is 3. The minimum absolute atomic E-state index is 0.0743. The van der Waals surface area contributed by atoms with Gasteiger partial charge in [0.2, 0.25) is 16.9 Å². The van der Waals surface area contributed by atoms with Crippen molar-refractivity contribution in [3.05, 3.63) is 81.9 Å². The summed E-state index contributed by atoms with van der Waals surface area (Å²) < 4.78 is 17.1. The van der Waals surface area contributed by atoms with Crippen molar-refractivity contribution < 1.29 is 42.8 Å². The van der Waals surface area contributed by atoms with Crippen molar-refractivity contribution in [3.8, 4) is 0 Å². The van der Waals surface area contributed by atoms with E-state index in [2.05, 4.69) is 20.9 Å². The van der Waals surface area contributed by atoms with E-state index >= 15 is 0 Å². The molecule has 1 unspecified atom stereocenters. The first kappa shape index (κ1) is 37.6.